The first-order valence-electron chi connectivity index (χ1n) is 14.2. The molecule has 1 N–H and O–H groups in total. The predicted molar refractivity (Wildman–Crippen MR) is 147 cm³/mol. The van der Waals surface area contributed by atoms with Crippen LogP contribution in [0.2, 0.25) is 0 Å². The summed E-state index contributed by atoms with van der Waals surface area (Å²) in [5, 5.41) is 8.41. The third kappa shape index (κ3) is 9.23. The molecule has 204 valence electrons. The topological polar surface area (TPSA) is 65.0 Å². The monoisotopic (exact) mass is 502 g/mol. The second kappa shape index (κ2) is 15.4. The Bertz CT molecular complexity index is 859. The molecule has 1 aliphatic rings. The highest BCUT2D eigenvalue weighted by Crippen LogP contribution is 2.45. The van der Waals surface area contributed by atoms with E-state index in [2.05, 4.69) is 32.6 Å². The molecule has 1 heterocycles. The van der Waals surface area contributed by atoms with Gasteiger partial charge in [-0.05, 0) is 82.1 Å². The van der Waals surface area contributed by atoms with Gasteiger partial charge in [0.2, 0.25) is 0 Å². The molecule has 2 rings (SSSR count). The average molecular weight is 503 g/mol. The molecule has 1 aliphatic heterocycles. The maximum Gasteiger partial charge on any atom is 0.335 e. The van der Waals surface area contributed by atoms with E-state index in [1.165, 1.54) is 76.4 Å². The van der Waals surface area contributed by atoms with Crippen LogP contribution in [-0.2, 0) is 16.1 Å². The van der Waals surface area contributed by atoms with Crippen LogP contribution in [0.25, 0.3) is 0 Å². The number of carbonyl (C=O) groups is 1. The van der Waals surface area contributed by atoms with Crippen molar-refractivity contribution in [3.05, 3.63) is 34.4 Å². The first-order valence-corrected chi connectivity index (χ1v) is 14.2. The Morgan fingerprint density at radius 2 is 1.69 bits per heavy atom. The molecule has 0 aromatic heterocycles. The lowest BCUT2D eigenvalue weighted by atomic mass is 9.84. The first-order chi connectivity index (χ1) is 17.2. The van der Waals surface area contributed by atoms with Crippen LogP contribution in [0.15, 0.2) is 12.2 Å². The number of hydrogen-bond donors (Lipinski definition) is 1. The van der Waals surface area contributed by atoms with E-state index in [0.29, 0.717) is 5.75 Å². The second-order valence-corrected chi connectivity index (χ2v) is 11.1. The smallest absolute Gasteiger partial charge is 0.335 e. The molecule has 1 aromatic rings. The molecule has 5 heteroatoms. The number of fused-ring (bicyclic) bond motifs is 1. The van der Waals surface area contributed by atoms with Crippen LogP contribution in [-0.4, -0.2) is 23.4 Å². The van der Waals surface area contributed by atoms with Gasteiger partial charge in [0.15, 0.2) is 0 Å². The molecule has 0 saturated carbocycles. The van der Waals surface area contributed by atoms with Gasteiger partial charge in [0.05, 0.1) is 0 Å². The molecular formula is C31H50O5. The summed E-state index contributed by atoms with van der Waals surface area (Å²) in [6.07, 6.45) is 19.1. The summed E-state index contributed by atoms with van der Waals surface area (Å²) in [5.74, 6) is 1.88. The van der Waals surface area contributed by atoms with Crippen LogP contribution in [0.3, 0.4) is 0 Å². The van der Waals surface area contributed by atoms with Gasteiger partial charge in [-0.2, -0.15) is 0 Å². The Balaban J connectivity index is 1.89. The number of hydrogen-bond acceptors (Lipinski definition) is 5. The quantitative estimate of drug-likeness (QED) is 0.0612. The van der Waals surface area contributed by atoms with Crippen molar-refractivity contribution in [3.8, 4) is 11.5 Å². The van der Waals surface area contributed by atoms with Crippen molar-refractivity contribution in [2.24, 2.45) is 5.92 Å². The summed E-state index contributed by atoms with van der Waals surface area (Å²) >= 11 is 0. The average Bonchev–Trinajstić information content (AvgIpc) is 2.85. The third-order valence-electron chi connectivity index (χ3n) is 7.89. The Kier molecular flexibility index (Phi) is 13.0. The van der Waals surface area contributed by atoms with E-state index in [1.54, 1.807) is 0 Å². The van der Waals surface area contributed by atoms with E-state index < -0.39 is 5.97 Å². The van der Waals surface area contributed by atoms with Gasteiger partial charge >= 0.3 is 5.97 Å². The van der Waals surface area contributed by atoms with Crippen molar-refractivity contribution in [1.82, 2.24) is 0 Å². The molecule has 0 spiro atoms. The lowest BCUT2D eigenvalue weighted by Gasteiger charge is -2.38. The molecule has 0 radical (unpaired) electrons. The number of carbonyl (C=O) groups excluding carboxylic acids is 1. The van der Waals surface area contributed by atoms with Crippen molar-refractivity contribution in [1.29, 1.82) is 0 Å². The van der Waals surface area contributed by atoms with Crippen LogP contribution >= 0.6 is 0 Å². The minimum absolute atomic E-state index is 0.0550. The first kappa shape index (κ1) is 30.4. The Hall–Kier alpha value is -1.85. The highest BCUT2D eigenvalue weighted by Gasteiger charge is 2.34. The minimum atomic E-state index is -0.482. The van der Waals surface area contributed by atoms with Crippen molar-refractivity contribution in [3.63, 3.8) is 0 Å². The maximum absolute atomic E-state index is 12.2. The molecule has 5 nitrogen and oxygen atoms in total. The highest BCUT2D eigenvalue weighted by atomic mass is 17.1. The van der Waals surface area contributed by atoms with E-state index in [0.717, 1.165) is 53.2 Å². The fourth-order valence-corrected chi connectivity index (χ4v) is 5.35. The van der Waals surface area contributed by atoms with Crippen molar-refractivity contribution >= 4 is 5.97 Å². The van der Waals surface area contributed by atoms with Crippen LogP contribution in [0, 0.1) is 26.7 Å². The molecule has 0 bridgehead atoms. The Morgan fingerprint density at radius 3 is 2.39 bits per heavy atom. The lowest BCUT2D eigenvalue weighted by Crippen LogP contribution is -2.37. The van der Waals surface area contributed by atoms with Crippen molar-refractivity contribution < 1.29 is 24.4 Å². The SMILES string of the molecule is CCCCCCCCCC(C)CCCC1(C)CCc2c(C)c(OC(=O)/C=C\COO)c(C)c(C)c2O1. The fourth-order valence-electron chi connectivity index (χ4n) is 5.35. The van der Waals surface area contributed by atoms with Crippen LogP contribution < -0.4 is 9.47 Å². The van der Waals surface area contributed by atoms with E-state index in [9.17, 15) is 4.79 Å². The number of rotatable bonds is 16. The van der Waals surface area contributed by atoms with Crippen molar-refractivity contribution in [2.45, 2.75) is 131 Å². The van der Waals surface area contributed by atoms with E-state index in [4.69, 9.17) is 14.7 Å². The summed E-state index contributed by atoms with van der Waals surface area (Å²) in [6.45, 7) is 12.9. The van der Waals surface area contributed by atoms with Crippen molar-refractivity contribution in [2.75, 3.05) is 6.61 Å². The molecule has 0 amide bonds. The molecule has 1 aromatic carbocycles. The van der Waals surface area contributed by atoms with Gasteiger partial charge in [-0.25, -0.2) is 9.68 Å². The molecule has 0 saturated heterocycles. The molecule has 0 fully saturated rings. The largest absolute Gasteiger partial charge is 0.487 e. The summed E-state index contributed by atoms with van der Waals surface area (Å²) in [6, 6.07) is 0. The minimum Gasteiger partial charge on any atom is -0.487 e. The van der Waals surface area contributed by atoms with E-state index in [-0.39, 0.29) is 12.2 Å². The van der Waals surface area contributed by atoms with Gasteiger partial charge in [-0.1, -0.05) is 71.6 Å². The summed E-state index contributed by atoms with van der Waals surface area (Å²) in [5.41, 5.74) is 3.94. The second-order valence-electron chi connectivity index (χ2n) is 11.1. The van der Waals surface area contributed by atoms with Crippen LogP contribution in [0.5, 0.6) is 11.5 Å². The summed E-state index contributed by atoms with van der Waals surface area (Å²) in [7, 11) is 0. The van der Waals surface area contributed by atoms with Crippen LogP contribution in [0.4, 0.5) is 0 Å². The Morgan fingerprint density at radius 1 is 1.03 bits per heavy atom. The molecule has 2 unspecified atom stereocenters. The van der Waals surface area contributed by atoms with Gasteiger partial charge in [-0.15, -0.1) is 0 Å². The summed E-state index contributed by atoms with van der Waals surface area (Å²) < 4.78 is 12.3. The normalized spacial score (nSPS) is 18.2. The zero-order chi connectivity index (χ0) is 26.6. The number of benzene rings is 1. The highest BCUT2D eigenvalue weighted by molar-refractivity contribution is 5.85. The third-order valence-corrected chi connectivity index (χ3v) is 7.89. The van der Waals surface area contributed by atoms with Gasteiger partial charge in [0.1, 0.15) is 23.7 Å². The number of ether oxygens (including phenoxy) is 2. The predicted octanol–water partition coefficient (Wildman–Crippen LogP) is 8.59. The van der Waals surface area contributed by atoms with Gasteiger partial charge in [0.25, 0.3) is 0 Å². The molecular weight excluding hydrogens is 452 g/mol. The molecule has 36 heavy (non-hydrogen) atoms. The summed E-state index contributed by atoms with van der Waals surface area (Å²) in [4.78, 5) is 16.2. The van der Waals surface area contributed by atoms with E-state index in [1.807, 2.05) is 13.8 Å². The van der Waals surface area contributed by atoms with Gasteiger partial charge < -0.3 is 9.47 Å². The van der Waals surface area contributed by atoms with Gasteiger partial charge in [-0.3, -0.25) is 5.26 Å². The number of esters is 1. The number of unbranched alkanes of at least 4 members (excludes halogenated alkanes) is 6. The lowest BCUT2D eigenvalue weighted by molar-refractivity contribution is -0.231. The standard InChI is InChI=1S/C31H50O5/c1-7-8-9-10-11-12-13-16-23(2)17-14-20-31(6)21-19-27-26(5)29(24(3)25(4)30(27)36-31)35-28(32)18-15-22-34-33/h15,18,23,33H,7-14,16-17,19-22H2,1-6H3/b18-15-. The zero-order valence-electron chi connectivity index (χ0n) is 23.7. The zero-order valence-corrected chi connectivity index (χ0v) is 23.7. The maximum atomic E-state index is 12.2. The Labute approximate surface area is 219 Å². The van der Waals surface area contributed by atoms with Gasteiger partial charge in [0, 0.05) is 11.6 Å². The van der Waals surface area contributed by atoms with Crippen LogP contribution in [0.1, 0.15) is 120 Å². The fraction of sp³-hybridized carbons (Fsp3) is 0.710. The van der Waals surface area contributed by atoms with E-state index >= 15 is 0 Å². The molecule has 0 aliphatic carbocycles. The molecule has 2 atom stereocenters.